The SMILES string of the molecule is C=Cc1ccccc1Sc1ccccc1C=C. The molecule has 0 unspecified atom stereocenters. The second-order valence-electron chi connectivity index (χ2n) is 3.59. The molecule has 2 rings (SSSR count). The molecule has 0 N–H and O–H groups in total. The molecule has 0 atom stereocenters. The van der Waals surface area contributed by atoms with Gasteiger partial charge in [-0.15, -0.1) is 0 Å². The standard InChI is InChI=1S/C16H14S/c1-3-13-9-5-7-11-15(13)17-16-12-8-6-10-14(16)4-2/h3-12H,1-2H2. The Hall–Kier alpha value is -1.73. The van der Waals surface area contributed by atoms with Crippen molar-refractivity contribution in [2.45, 2.75) is 9.79 Å². The molecular weight excluding hydrogens is 224 g/mol. The summed E-state index contributed by atoms with van der Waals surface area (Å²) in [4.78, 5) is 2.44. The van der Waals surface area contributed by atoms with Crippen molar-refractivity contribution in [3.05, 3.63) is 72.8 Å². The van der Waals surface area contributed by atoms with Crippen molar-refractivity contribution in [1.82, 2.24) is 0 Å². The summed E-state index contributed by atoms with van der Waals surface area (Å²) in [6.07, 6.45) is 3.78. The number of hydrogen-bond acceptors (Lipinski definition) is 1. The number of benzene rings is 2. The molecule has 0 aromatic heterocycles. The third-order valence-corrected chi connectivity index (χ3v) is 3.68. The lowest BCUT2D eigenvalue weighted by Gasteiger charge is -2.08. The van der Waals surface area contributed by atoms with Crippen LogP contribution in [0.4, 0.5) is 0 Å². The van der Waals surface area contributed by atoms with E-state index in [1.807, 2.05) is 36.4 Å². The normalized spacial score (nSPS) is 9.88. The minimum atomic E-state index is 1.16. The molecule has 0 aliphatic heterocycles. The maximum atomic E-state index is 3.84. The molecule has 0 heterocycles. The molecule has 84 valence electrons. The van der Waals surface area contributed by atoms with Crippen molar-refractivity contribution < 1.29 is 0 Å². The van der Waals surface area contributed by atoms with Gasteiger partial charge in [-0.1, -0.05) is 73.5 Å². The van der Waals surface area contributed by atoms with Gasteiger partial charge in [0.1, 0.15) is 0 Å². The summed E-state index contributed by atoms with van der Waals surface area (Å²) in [5.74, 6) is 0. The Morgan fingerprint density at radius 1 is 0.706 bits per heavy atom. The summed E-state index contributed by atoms with van der Waals surface area (Å²) in [6, 6.07) is 16.5. The first-order valence-corrected chi connectivity index (χ1v) is 6.27. The maximum absolute atomic E-state index is 3.84. The van der Waals surface area contributed by atoms with Gasteiger partial charge in [-0.3, -0.25) is 0 Å². The van der Waals surface area contributed by atoms with Gasteiger partial charge in [0.05, 0.1) is 0 Å². The summed E-state index contributed by atoms with van der Waals surface area (Å²) in [6.45, 7) is 7.68. The largest absolute Gasteiger partial charge is 0.0984 e. The predicted molar refractivity (Wildman–Crippen MR) is 77.2 cm³/mol. The van der Waals surface area contributed by atoms with Gasteiger partial charge in [0.25, 0.3) is 0 Å². The molecule has 0 aliphatic rings. The zero-order valence-electron chi connectivity index (χ0n) is 9.60. The Bertz CT molecular complexity index is 491. The topological polar surface area (TPSA) is 0 Å². The van der Waals surface area contributed by atoms with E-state index in [4.69, 9.17) is 0 Å². The van der Waals surface area contributed by atoms with Crippen LogP contribution in [0.5, 0.6) is 0 Å². The first kappa shape index (κ1) is 11.7. The molecule has 0 saturated heterocycles. The lowest BCUT2D eigenvalue weighted by atomic mass is 10.2. The van der Waals surface area contributed by atoms with Crippen LogP contribution >= 0.6 is 11.8 Å². The Balaban J connectivity index is 2.37. The molecule has 17 heavy (non-hydrogen) atoms. The summed E-state index contributed by atoms with van der Waals surface area (Å²) >= 11 is 1.75. The summed E-state index contributed by atoms with van der Waals surface area (Å²) in [5, 5.41) is 0. The lowest BCUT2D eigenvalue weighted by molar-refractivity contribution is 1.37. The second kappa shape index (κ2) is 5.55. The number of rotatable bonds is 4. The van der Waals surface area contributed by atoms with Crippen molar-refractivity contribution in [3.63, 3.8) is 0 Å². The minimum Gasteiger partial charge on any atom is -0.0984 e. The predicted octanol–water partition coefficient (Wildman–Crippen LogP) is 5.12. The quantitative estimate of drug-likeness (QED) is 0.712. The van der Waals surface area contributed by atoms with Gasteiger partial charge in [0.2, 0.25) is 0 Å². The average Bonchev–Trinajstić information content (AvgIpc) is 2.40. The van der Waals surface area contributed by atoms with Crippen molar-refractivity contribution >= 4 is 23.9 Å². The molecule has 0 spiro atoms. The van der Waals surface area contributed by atoms with Crippen molar-refractivity contribution in [2.24, 2.45) is 0 Å². The van der Waals surface area contributed by atoms with Crippen LogP contribution in [0.15, 0.2) is 71.5 Å². The first-order valence-electron chi connectivity index (χ1n) is 5.46. The van der Waals surface area contributed by atoms with E-state index in [2.05, 4.69) is 37.4 Å². The molecule has 0 bridgehead atoms. The highest BCUT2D eigenvalue weighted by Gasteiger charge is 2.03. The zero-order valence-corrected chi connectivity index (χ0v) is 10.4. The van der Waals surface area contributed by atoms with Crippen molar-refractivity contribution in [2.75, 3.05) is 0 Å². The highest BCUT2D eigenvalue weighted by Crippen LogP contribution is 2.33. The molecule has 2 aromatic carbocycles. The van der Waals surface area contributed by atoms with Gasteiger partial charge in [0, 0.05) is 9.79 Å². The van der Waals surface area contributed by atoms with Crippen LogP contribution in [-0.4, -0.2) is 0 Å². The summed E-state index contributed by atoms with van der Waals surface area (Å²) in [5.41, 5.74) is 2.33. The van der Waals surface area contributed by atoms with Gasteiger partial charge in [-0.2, -0.15) is 0 Å². The monoisotopic (exact) mass is 238 g/mol. The van der Waals surface area contributed by atoms with E-state index in [9.17, 15) is 0 Å². The van der Waals surface area contributed by atoms with Gasteiger partial charge in [-0.05, 0) is 23.3 Å². The third kappa shape index (κ3) is 2.69. The number of hydrogen-bond donors (Lipinski definition) is 0. The molecule has 0 radical (unpaired) electrons. The molecule has 0 saturated carbocycles. The first-order chi connectivity index (χ1) is 8.35. The Morgan fingerprint density at radius 3 is 1.53 bits per heavy atom. The lowest BCUT2D eigenvalue weighted by Crippen LogP contribution is -1.82. The van der Waals surface area contributed by atoms with E-state index in [0.717, 1.165) is 11.1 Å². The molecule has 0 amide bonds. The molecule has 0 nitrogen and oxygen atoms in total. The van der Waals surface area contributed by atoms with Crippen LogP contribution in [0.25, 0.3) is 12.2 Å². The Kier molecular flexibility index (Phi) is 3.84. The average molecular weight is 238 g/mol. The van der Waals surface area contributed by atoms with Crippen LogP contribution < -0.4 is 0 Å². The van der Waals surface area contributed by atoms with E-state index in [-0.39, 0.29) is 0 Å². The van der Waals surface area contributed by atoms with E-state index in [1.165, 1.54) is 9.79 Å². The highest BCUT2D eigenvalue weighted by molar-refractivity contribution is 7.99. The van der Waals surface area contributed by atoms with Gasteiger partial charge >= 0.3 is 0 Å². The molecule has 2 aromatic rings. The van der Waals surface area contributed by atoms with Crippen LogP contribution in [0, 0.1) is 0 Å². The van der Waals surface area contributed by atoms with Gasteiger partial charge in [-0.25, -0.2) is 0 Å². The molecular formula is C16H14S. The van der Waals surface area contributed by atoms with E-state index in [1.54, 1.807) is 11.8 Å². The van der Waals surface area contributed by atoms with Gasteiger partial charge in [0.15, 0.2) is 0 Å². The maximum Gasteiger partial charge on any atom is 0.0194 e. The summed E-state index contributed by atoms with van der Waals surface area (Å²) in [7, 11) is 0. The fraction of sp³-hybridized carbons (Fsp3) is 0. The summed E-state index contributed by atoms with van der Waals surface area (Å²) < 4.78 is 0. The third-order valence-electron chi connectivity index (χ3n) is 2.50. The van der Waals surface area contributed by atoms with Crippen LogP contribution in [0.2, 0.25) is 0 Å². The van der Waals surface area contributed by atoms with Crippen molar-refractivity contribution in [3.8, 4) is 0 Å². The highest BCUT2D eigenvalue weighted by atomic mass is 32.2. The van der Waals surface area contributed by atoms with E-state index >= 15 is 0 Å². The fourth-order valence-electron chi connectivity index (χ4n) is 1.60. The van der Waals surface area contributed by atoms with Crippen LogP contribution in [0.3, 0.4) is 0 Å². The second-order valence-corrected chi connectivity index (χ2v) is 4.67. The van der Waals surface area contributed by atoms with Gasteiger partial charge < -0.3 is 0 Å². The zero-order chi connectivity index (χ0) is 12.1. The smallest absolute Gasteiger partial charge is 0.0194 e. The minimum absolute atomic E-state index is 1.16. The molecule has 1 heteroatoms. The molecule has 0 fully saturated rings. The van der Waals surface area contributed by atoms with E-state index < -0.39 is 0 Å². The van der Waals surface area contributed by atoms with Crippen LogP contribution in [0.1, 0.15) is 11.1 Å². The fourth-order valence-corrected chi connectivity index (χ4v) is 2.67. The Labute approximate surface area is 107 Å². The Morgan fingerprint density at radius 2 is 1.12 bits per heavy atom. The van der Waals surface area contributed by atoms with E-state index in [0.29, 0.717) is 0 Å². The van der Waals surface area contributed by atoms with Crippen LogP contribution in [-0.2, 0) is 0 Å². The van der Waals surface area contributed by atoms with Crippen molar-refractivity contribution in [1.29, 1.82) is 0 Å². The molecule has 0 aliphatic carbocycles.